The molecular weight excluding hydrogens is 406 g/mol. The summed E-state index contributed by atoms with van der Waals surface area (Å²) in [7, 11) is 0. The number of rotatable bonds is 4. The first kappa shape index (κ1) is 19.9. The molecule has 0 fully saturated rings. The maximum atomic E-state index is 13.8. The summed E-state index contributed by atoms with van der Waals surface area (Å²) in [5.41, 5.74) is 2.74. The Morgan fingerprint density at radius 1 is 1.06 bits per heavy atom. The SMILES string of the molecule is CCN1C(=O)[C@@]2(OC(c3ccc(C)cc3)=N[C@@H]2c2ccc([N+](=O)[O-])cc2)c2ccccc21. The van der Waals surface area contributed by atoms with E-state index in [0.717, 1.165) is 22.4 Å². The number of carbonyl (C=O) groups excluding carboxylic acids is 1. The molecule has 7 nitrogen and oxygen atoms in total. The van der Waals surface area contributed by atoms with Gasteiger partial charge in [-0.25, -0.2) is 4.99 Å². The van der Waals surface area contributed by atoms with Crippen molar-refractivity contribution in [2.75, 3.05) is 11.4 Å². The molecule has 0 saturated carbocycles. The van der Waals surface area contributed by atoms with Crippen LogP contribution in [0.3, 0.4) is 0 Å². The number of non-ortho nitro benzene ring substituents is 1. The van der Waals surface area contributed by atoms with Crippen LogP contribution in [0.25, 0.3) is 0 Å². The number of fused-ring (bicyclic) bond motifs is 2. The van der Waals surface area contributed by atoms with E-state index in [2.05, 4.69) is 0 Å². The molecule has 3 aromatic carbocycles. The Morgan fingerprint density at radius 2 is 1.75 bits per heavy atom. The number of hydrogen-bond acceptors (Lipinski definition) is 5. The van der Waals surface area contributed by atoms with Crippen LogP contribution in [0.1, 0.15) is 35.2 Å². The van der Waals surface area contributed by atoms with E-state index in [-0.39, 0.29) is 11.6 Å². The largest absolute Gasteiger partial charge is 0.453 e. The Balaban J connectivity index is 1.70. The summed E-state index contributed by atoms with van der Waals surface area (Å²) in [6.45, 7) is 4.41. The van der Waals surface area contributed by atoms with Gasteiger partial charge in [-0.2, -0.15) is 0 Å². The standard InChI is InChI=1S/C25H21N3O4/c1-3-27-21-7-5-4-6-20(21)25(24(27)29)22(17-12-14-19(15-13-17)28(30)31)26-23(32-25)18-10-8-16(2)9-11-18/h4-15,22H,3H2,1-2H3/t22-,25-/m1/s1. The van der Waals surface area contributed by atoms with Crippen LogP contribution in [-0.4, -0.2) is 23.3 Å². The van der Waals surface area contributed by atoms with E-state index >= 15 is 0 Å². The first-order valence-corrected chi connectivity index (χ1v) is 10.5. The zero-order valence-corrected chi connectivity index (χ0v) is 17.7. The summed E-state index contributed by atoms with van der Waals surface area (Å²) in [6.07, 6.45) is 0. The fourth-order valence-electron chi connectivity index (χ4n) is 4.48. The molecule has 2 atom stereocenters. The van der Waals surface area contributed by atoms with E-state index in [0.29, 0.717) is 18.0 Å². The third-order valence-corrected chi connectivity index (χ3v) is 6.08. The molecule has 3 aromatic rings. The predicted molar refractivity (Wildman–Crippen MR) is 121 cm³/mol. The van der Waals surface area contributed by atoms with Gasteiger partial charge in [0.05, 0.1) is 10.6 Å². The van der Waals surface area contributed by atoms with Gasteiger partial charge < -0.3 is 9.64 Å². The summed E-state index contributed by atoms with van der Waals surface area (Å²) in [4.78, 5) is 31.1. The van der Waals surface area contributed by atoms with E-state index in [4.69, 9.17) is 9.73 Å². The van der Waals surface area contributed by atoms with Gasteiger partial charge in [-0.3, -0.25) is 14.9 Å². The molecule has 1 amide bonds. The number of likely N-dealkylation sites (N-methyl/N-ethyl adjacent to an activating group) is 1. The maximum absolute atomic E-state index is 13.8. The highest BCUT2D eigenvalue weighted by atomic mass is 16.6. The maximum Gasteiger partial charge on any atom is 0.278 e. The van der Waals surface area contributed by atoms with Crippen LogP contribution in [0.2, 0.25) is 0 Å². The number of nitrogens with zero attached hydrogens (tertiary/aromatic N) is 3. The number of aryl methyl sites for hydroxylation is 1. The number of hydrogen-bond donors (Lipinski definition) is 0. The van der Waals surface area contributed by atoms with Gasteiger partial charge in [-0.15, -0.1) is 0 Å². The van der Waals surface area contributed by atoms with Crippen LogP contribution < -0.4 is 4.90 Å². The van der Waals surface area contributed by atoms with Gasteiger partial charge in [-0.1, -0.05) is 35.9 Å². The topological polar surface area (TPSA) is 85.0 Å². The lowest BCUT2D eigenvalue weighted by Crippen LogP contribution is -2.44. The van der Waals surface area contributed by atoms with Gasteiger partial charge in [0.1, 0.15) is 6.04 Å². The Hall–Kier alpha value is -4.00. The summed E-state index contributed by atoms with van der Waals surface area (Å²) in [6, 6.07) is 20.9. The van der Waals surface area contributed by atoms with Crippen LogP contribution in [0, 0.1) is 17.0 Å². The number of nitro groups is 1. The summed E-state index contributed by atoms with van der Waals surface area (Å²) in [5, 5.41) is 11.1. The van der Waals surface area contributed by atoms with Crippen molar-refractivity contribution < 1.29 is 14.5 Å². The lowest BCUT2D eigenvalue weighted by atomic mass is 9.84. The second-order valence-electron chi connectivity index (χ2n) is 7.96. The zero-order chi connectivity index (χ0) is 22.5. The molecule has 32 heavy (non-hydrogen) atoms. The molecule has 0 N–H and O–H groups in total. The van der Waals surface area contributed by atoms with Crippen molar-refractivity contribution in [1.29, 1.82) is 0 Å². The Morgan fingerprint density at radius 3 is 2.41 bits per heavy atom. The molecule has 2 aliphatic heterocycles. The number of amides is 1. The Bertz CT molecular complexity index is 1250. The van der Waals surface area contributed by atoms with Crippen molar-refractivity contribution in [2.24, 2.45) is 4.99 Å². The normalized spacial score (nSPS) is 21.4. The fourth-order valence-corrected chi connectivity index (χ4v) is 4.48. The molecule has 0 aromatic heterocycles. The highest BCUT2D eigenvalue weighted by Crippen LogP contribution is 2.54. The van der Waals surface area contributed by atoms with E-state index in [1.165, 1.54) is 12.1 Å². The molecule has 2 heterocycles. The second kappa shape index (κ2) is 7.30. The minimum Gasteiger partial charge on any atom is -0.453 e. The molecule has 0 aliphatic carbocycles. The summed E-state index contributed by atoms with van der Waals surface area (Å²) >= 11 is 0. The number of aliphatic imine (C=N–C) groups is 1. The minimum absolute atomic E-state index is 0.0159. The number of ether oxygens (including phenoxy) is 1. The van der Waals surface area contributed by atoms with E-state index in [9.17, 15) is 14.9 Å². The van der Waals surface area contributed by atoms with Gasteiger partial charge in [0, 0.05) is 29.8 Å². The number of nitro benzene ring substituents is 1. The van der Waals surface area contributed by atoms with Crippen LogP contribution in [0.5, 0.6) is 0 Å². The van der Waals surface area contributed by atoms with E-state index < -0.39 is 16.6 Å². The molecule has 5 rings (SSSR count). The first-order chi connectivity index (χ1) is 15.5. The van der Waals surface area contributed by atoms with Crippen molar-refractivity contribution in [3.63, 3.8) is 0 Å². The second-order valence-corrected chi connectivity index (χ2v) is 7.96. The third kappa shape index (κ3) is 2.81. The van der Waals surface area contributed by atoms with Gasteiger partial charge in [0.2, 0.25) is 11.5 Å². The Kier molecular flexibility index (Phi) is 4.55. The number of para-hydroxylation sites is 1. The average molecular weight is 427 g/mol. The third-order valence-electron chi connectivity index (χ3n) is 6.08. The number of carbonyl (C=O) groups is 1. The smallest absolute Gasteiger partial charge is 0.278 e. The van der Waals surface area contributed by atoms with Crippen molar-refractivity contribution in [1.82, 2.24) is 0 Å². The van der Waals surface area contributed by atoms with Crippen LogP contribution in [0.15, 0.2) is 77.8 Å². The zero-order valence-electron chi connectivity index (χ0n) is 17.7. The highest BCUT2D eigenvalue weighted by molar-refractivity contribution is 6.11. The lowest BCUT2D eigenvalue weighted by molar-refractivity contribution is -0.384. The number of anilines is 1. The number of benzene rings is 3. The van der Waals surface area contributed by atoms with Crippen molar-refractivity contribution in [3.05, 3.63) is 105 Å². The predicted octanol–water partition coefficient (Wildman–Crippen LogP) is 4.68. The summed E-state index contributed by atoms with van der Waals surface area (Å²) in [5.74, 6) is 0.199. The molecule has 0 unspecified atom stereocenters. The lowest BCUT2D eigenvalue weighted by Gasteiger charge is -2.29. The van der Waals surface area contributed by atoms with Gasteiger partial charge in [0.15, 0.2) is 0 Å². The quantitative estimate of drug-likeness (QED) is 0.447. The summed E-state index contributed by atoms with van der Waals surface area (Å²) < 4.78 is 6.48. The van der Waals surface area contributed by atoms with Crippen molar-refractivity contribution in [2.45, 2.75) is 25.5 Å². The molecule has 0 radical (unpaired) electrons. The molecule has 2 aliphatic rings. The van der Waals surface area contributed by atoms with Gasteiger partial charge in [0.25, 0.3) is 11.6 Å². The Labute approximate surface area is 185 Å². The minimum atomic E-state index is -1.36. The van der Waals surface area contributed by atoms with Crippen LogP contribution in [0.4, 0.5) is 11.4 Å². The van der Waals surface area contributed by atoms with Crippen molar-refractivity contribution in [3.8, 4) is 0 Å². The van der Waals surface area contributed by atoms with Crippen LogP contribution >= 0.6 is 0 Å². The van der Waals surface area contributed by atoms with Crippen molar-refractivity contribution >= 4 is 23.2 Å². The molecular formula is C25H21N3O4. The molecule has 0 saturated heterocycles. The molecule has 7 heteroatoms. The highest BCUT2D eigenvalue weighted by Gasteiger charge is 2.61. The molecule has 160 valence electrons. The fraction of sp³-hybridized carbons (Fsp3) is 0.200. The van der Waals surface area contributed by atoms with Gasteiger partial charge >= 0.3 is 0 Å². The molecule has 1 spiro atoms. The van der Waals surface area contributed by atoms with E-state index in [1.807, 2.05) is 62.4 Å². The average Bonchev–Trinajstić information content (AvgIpc) is 3.32. The monoisotopic (exact) mass is 427 g/mol. The molecule has 0 bridgehead atoms. The van der Waals surface area contributed by atoms with Gasteiger partial charge in [-0.05, 0) is 49.7 Å². The van der Waals surface area contributed by atoms with E-state index in [1.54, 1.807) is 17.0 Å². The first-order valence-electron chi connectivity index (χ1n) is 10.5. The van der Waals surface area contributed by atoms with Crippen LogP contribution in [-0.2, 0) is 15.1 Å².